The minimum absolute atomic E-state index is 0.159. The van der Waals surface area contributed by atoms with Crippen LogP contribution in [0.25, 0.3) is 16.8 Å². The van der Waals surface area contributed by atoms with Crippen LogP contribution in [0, 0.1) is 11.3 Å². The van der Waals surface area contributed by atoms with Gasteiger partial charge in [-0.25, -0.2) is 4.79 Å². The minimum atomic E-state index is -0.668. The molecule has 7 heteroatoms. The predicted octanol–water partition coefficient (Wildman–Crippen LogP) is 6.40. The Morgan fingerprint density at radius 3 is 2.47 bits per heavy atom. The molecule has 4 aromatic rings. The van der Waals surface area contributed by atoms with E-state index in [0.717, 1.165) is 16.3 Å². The molecule has 0 heterocycles. The van der Waals surface area contributed by atoms with Gasteiger partial charge in [0.25, 0.3) is 5.91 Å². The Bertz CT molecular complexity index is 1520. The van der Waals surface area contributed by atoms with E-state index in [2.05, 4.69) is 5.32 Å². The fourth-order valence-corrected chi connectivity index (χ4v) is 3.87. The van der Waals surface area contributed by atoms with E-state index in [1.54, 1.807) is 30.3 Å². The van der Waals surface area contributed by atoms with Crippen LogP contribution in [0.2, 0.25) is 5.02 Å². The van der Waals surface area contributed by atoms with Crippen molar-refractivity contribution in [3.63, 3.8) is 0 Å². The summed E-state index contributed by atoms with van der Waals surface area (Å²) in [7, 11) is 1.26. The Kier molecular flexibility index (Phi) is 7.64. The Hall–Kier alpha value is -4.60. The molecule has 1 amide bonds. The number of fused-ring (bicyclic) bond motifs is 1. The number of methoxy groups -OCH3 is 1. The van der Waals surface area contributed by atoms with Crippen molar-refractivity contribution >= 4 is 46.0 Å². The quantitative estimate of drug-likeness (QED) is 0.181. The second-order valence-corrected chi connectivity index (χ2v) is 8.15. The van der Waals surface area contributed by atoms with Crippen LogP contribution in [0.15, 0.2) is 90.5 Å². The maximum atomic E-state index is 13.1. The van der Waals surface area contributed by atoms with E-state index in [4.69, 9.17) is 21.1 Å². The van der Waals surface area contributed by atoms with Gasteiger partial charge in [-0.1, -0.05) is 72.3 Å². The zero-order chi connectivity index (χ0) is 25.5. The van der Waals surface area contributed by atoms with E-state index in [1.807, 2.05) is 54.6 Å². The number of carbonyl (C=O) groups excluding carboxylic acids is 2. The first-order chi connectivity index (χ1) is 17.5. The molecule has 0 aliphatic heterocycles. The number of para-hydroxylation sites is 1. The van der Waals surface area contributed by atoms with Crippen LogP contribution < -0.4 is 10.1 Å². The van der Waals surface area contributed by atoms with Gasteiger partial charge >= 0.3 is 5.97 Å². The largest absolute Gasteiger partial charge is 0.488 e. The number of nitrogens with one attached hydrogen (secondary N) is 1. The van der Waals surface area contributed by atoms with Crippen LogP contribution in [0.1, 0.15) is 21.5 Å². The van der Waals surface area contributed by atoms with E-state index in [9.17, 15) is 14.9 Å². The highest BCUT2D eigenvalue weighted by atomic mass is 35.5. The zero-order valence-electron chi connectivity index (χ0n) is 19.3. The Morgan fingerprint density at radius 2 is 1.69 bits per heavy atom. The molecule has 0 aromatic heterocycles. The van der Waals surface area contributed by atoms with Gasteiger partial charge in [-0.05, 0) is 41.1 Å². The third-order valence-corrected chi connectivity index (χ3v) is 5.87. The number of rotatable bonds is 7. The van der Waals surface area contributed by atoms with Gasteiger partial charge in [-0.15, -0.1) is 0 Å². The van der Waals surface area contributed by atoms with E-state index in [1.165, 1.54) is 19.3 Å². The molecule has 1 N–H and O–H groups in total. The number of esters is 1. The summed E-state index contributed by atoms with van der Waals surface area (Å²) in [4.78, 5) is 25.1. The average Bonchev–Trinajstić information content (AvgIpc) is 2.91. The molecule has 0 atom stereocenters. The second-order valence-electron chi connectivity index (χ2n) is 7.74. The van der Waals surface area contributed by atoms with Crippen molar-refractivity contribution in [2.45, 2.75) is 6.61 Å². The molecule has 4 rings (SSSR count). The van der Waals surface area contributed by atoms with Crippen LogP contribution in [0.5, 0.6) is 5.75 Å². The summed E-state index contributed by atoms with van der Waals surface area (Å²) >= 11 is 6.28. The normalized spacial score (nSPS) is 11.0. The van der Waals surface area contributed by atoms with E-state index in [-0.39, 0.29) is 23.4 Å². The maximum absolute atomic E-state index is 13.1. The molecule has 0 spiro atoms. The summed E-state index contributed by atoms with van der Waals surface area (Å²) in [5, 5.41) is 14.8. The van der Waals surface area contributed by atoms with E-state index >= 15 is 0 Å². The smallest absolute Gasteiger partial charge is 0.339 e. The summed E-state index contributed by atoms with van der Waals surface area (Å²) in [6, 6.07) is 27.1. The molecule has 6 nitrogen and oxygen atoms in total. The number of halogens is 1. The minimum Gasteiger partial charge on any atom is -0.488 e. The van der Waals surface area contributed by atoms with Crippen LogP contribution in [-0.4, -0.2) is 19.0 Å². The molecule has 0 saturated carbocycles. The monoisotopic (exact) mass is 496 g/mol. The molecular weight excluding hydrogens is 476 g/mol. The Balaban J connectivity index is 1.71. The maximum Gasteiger partial charge on any atom is 0.339 e. The van der Waals surface area contributed by atoms with Crippen molar-refractivity contribution in [1.29, 1.82) is 5.26 Å². The van der Waals surface area contributed by atoms with E-state index in [0.29, 0.717) is 16.3 Å². The molecule has 36 heavy (non-hydrogen) atoms. The van der Waals surface area contributed by atoms with Crippen molar-refractivity contribution in [2.24, 2.45) is 0 Å². The van der Waals surface area contributed by atoms with Crippen molar-refractivity contribution in [3.8, 4) is 11.8 Å². The molecule has 0 unspecified atom stereocenters. The van der Waals surface area contributed by atoms with Crippen molar-refractivity contribution < 1.29 is 19.1 Å². The SMILES string of the molecule is COC(=O)c1ccccc1NC(=O)/C(C#N)=C/c1c(OCc2ccccc2Cl)ccc2ccccc12. The molecule has 0 aliphatic rings. The molecular formula is C29H21ClN2O4. The molecule has 0 aliphatic carbocycles. The molecule has 0 radical (unpaired) electrons. The third kappa shape index (κ3) is 5.38. The Labute approximate surface area is 213 Å². The number of nitrogens with zero attached hydrogens (tertiary/aromatic N) is 1. The second kappa shape index (κ2) is 11.2. The fourth-order valence-electron chi connectivity index (χ4n) is 3.68. The summed E-state index contributed by atoms with van der Waals surface area (Å²) in [5.41, 5.74) is 1.64. The molecule has 0 bridgehead atoms. The first-order valence-corrected chi connectivity index (χ1v) is 11.4. The molecule has 0 saturated heterocycles. The summed E-state index contributed by atoms with van der Waals surface area (Å²) in [6.45, 7) is 0.208. The number of amides is 1. The van der Waals surface area contributed by atoms with Crippen LogP contribution in [0.4, 0.5) is 5.69 Å². The van der Waals surface area contributed by atoms with Crippen LogP contribution in [0.3, 0.4) is 0 Å². The number of carbonyl (C=O) groups is 2. The van der Waals surface area contributed by atoms with Gasteiger partial charge in [0.2, 0.25) is 0 Å². The van der Waals surface area contributed by atoms with Crippen LogP contribution in [-0.2, 0) is 16.1 Å². The first kappa shape index (κ1) is 24.5. The average molecular weight is 497 g/mol. The topological polar surface area (TPSA) is 88.4 Å². The lowest BCUT2D eigenvalue weighted by molar-refractivity contribution is -0.112. The molecule has 178 valence electrons. The summed E-state index contributed by atoms with van der Waals surface area (Å²) in [6.07, 6.45) is 1.49. The third-order valence-electron chi connectivity index (χ3n) is 5.51. The predicted molar refractivity (Wildman–Crippen MR) is 140 cm³/mol. The van der Waals surface area contributed by atoms with E-state index < -0.39 is 11.9 Å². The number of hydrogen-bond acceptors (Lipinski definition) is 5. The first-order valence-electron chi connectivity index (χ1n) is 11.0. The lowest BCUT2D eigenvalue weighted by atomic mass is 10.0. The van der Waals surface area contributed by atoms with Crippen molar-refractivity contribution in [2.75, 3.05) is 12.4 Å². The van der Waals surface area contributed by atoms with Gasteiger partial charge in [0.15, 0.2) is 0 Å². The lowest BCUT2D eigenvalue weighted by Gasteiger charge is -2.14. The summed E-state index contributed by atoms with van der Waals surface area (Å²) < 4.78 is 10.9. The number of hydrogen-bond donors (Lipinski definition) is 1. The Morgan fingerprint density at radius 1 is 0.972 bits per heavy atom. The highest BCUT2D eigenvalue weighted by Gasteiger charge is 2.17. The van der Waals surface area contributed by atoms with Crippen molar-refractivity contribution in [3.05, 3.63) is 112 Å². The lowest BCUT2D eigenvalue weighted by Crippen LogP contribution is -2.16. The molecule has 0 fully saturated rings. The van der Waals surface area contributed by atoms with Gasteiger partial charge in [0, 0.05) is 16.1 Å². The standard InChI is InChI=1S/C29H21ClN2O4/c1-35-29(34)23-11-5-7-13-26(23)32-28(33)21(17-31)16-24-22-10-4-2-8-19(22)14-15-27(24)36-18-20-9-3-6-12-25(20)30/h2-16H,18H2,1H3,(H,32,33)/b21-16+. The van der Waals surface area contributed by atoms with Gasteiger partial charge in [-0.3, -0.25) is 4.79 Å². The highest BCUT2D eigenvalue weighted by molar-refractivity contribution is 6.31. The molecule has 4 aromatic carbocycles. The fraction of sp³-hybridized carbons (Fsp3) is 0.0690. The van der Waals surface area contributed by atoms with Crippen molar-refractivity contribution in [1.82, 2.24) is 0 Å². The van der Waals surface area contributed by atoms with Gasteiger partial charge in [0.05, 0.1) is 18.4 Å². The van der Waals surface area contributed by atoms with Gasteiger partial charge < -0.3 is 14.8 Å². The number of benzene rings is 4. The summed E-state index contributed by atoms with van der Waals surface area (Å²) in [5.74, 6) is -0.777. The highest BCUT2D eigenvalue weighted by Crippen LogP contribution is 2.32. The zero-order valence-corrected chi connectivity index (χ0v) is 20.1. The number of nitriles is 1. The number of anilines is 1. The number of ether oxygens (including phenoxy) is 2. The van der Waals surface area contributed by atoms with Crippen LogP contribution >= 0.6 is 11.6 Å². The van der Waals surface area contributed by atoms with Gasteiger partial charge in [0.1, 0.15) is 24.0 Å². The van der Waals surface area contributed by atoms with Gasteiger partial charge in [-0.2, -0.15) is 5.26 Å².